The van der Waals surface area contributed by atoms with E-state index in [4.69, 9.17) is 0 Å². The Bertz CT molecular complexity index is 1240. The Morgan fingerprint density at radius 2 is 1.11 bits per heavy atom. The summed E-state index contributed by atoms with van der Waals surface area (Å²) in [5.74, 6) is 0. The van der Waals surface area contributed by atoms with E-state index in [9.17, 15) is 0 Å². The van der Waals surface area contributed by atoms with Crippen LogP contribution in [0.3, 0.4) is 0 Å². The van der Waals surface area contributed by atoms with Crippen LogP contribution in [-0.2, 0) is 29.4 Å². The van der Waals surface area contributed by atoms with E-state index in [1.54, 1.807) is 22.3 Å². The second-order valence-electron chi connectivity index (χ2n) is 14.8. The molecule has 0 bridgehead atoms. The molecule has 3 aliphatic rings. The average molecular weight is 649 g/mol. The summed E-state index contributed by atoms with van der Waals surface area (Å²) in [5, 5.41) is 0. The van der Waals surface area contributed by atoms with E-state index in [1.165, 1.54) is 28.7 Å². The first-order valence-electron chi connectivity index (χ1n) is 13.6. The molecule has 0 unspecified atom stereocenters. The van der Waals surface area contributed by atoms with E-state index in [0.29, 0.717) is 0 Å². The fourth-order valence-corrected chi connectivity index (χ4v) is 172. The molecule has 0 spiro atoms. The van der Waals surface area contributed by atoms with Gasteiger partial charge in [0.25, 0.3) is 0 Å². The number of hydrogen-bond acceptors (Lipinski definition) is 0. The molecule has 5 heteroatoms. The summed E-state index contributed by atoms with van der Waals surface area (Å²) in [7, 11) is 0. The van der Waals surface area contributed by atoms with Crippen LogP contribution in [0.15, 0.2) is 45.8 Å². The van der Waals surface area contributed by atoms with E-state index in [2.05, 4.69) is 124 Å². The molecule has 0 nitrogen and oxygen atoms in total. The Balaban J connectivity index is 0.00000190. The van der Waals surface area contributed by atoms with Gasteiger partial charge in [0.05, 0.1) is 0 Å². The smallest absolute Gasteiger partial charge is 1.00 e. The molecule has 2 aromatic carbocycles. The fourth-order valence-electron chi connectivity index (χ4n) is 8.46. The van der Waals surface area contributed by atoms with Gasteiger partial charge in [-0.05, 0) is 0 Å². The van der Waals surface area contributed by atoms with Gasteiger partial charge in [-0.25, -0.2) is 0 Å². The van der Waals surface area contributed by atoms with Crippen LogP contribution in [0.2, 0.25) is 26.2 Å². The monoisotopic (exact) mass is 646 g/mol. The molecule has 200 valence electrons. The van der Waals surface area contributed by atoms with Crippen molar-refractivity contribution in [2.45, 2.75) is 102 Å². The van der Waals surface area contributed by atoms with Crippen molar-refractivity contribution in [2.24, 2.45) is 0 Å². The van der Waals surface area contributed by atoms with Crippen LogP contribution in [-0.4, -0.2) is 9.44 Å². The van der Waals surface area contributed by atoms with Crippen molar-refractivity contribution in [1.29, 1.82) is 0 Å². The fraction of sp³-hybridized carbons (Fsp3) is 0.500. The second-order valence-corrected chi connectivity index (χ2v) is 73.9. The van der Waals surface area contributed by atoms with E-state index >= 15 is 0 Å². The van der Waals surface area contributed by atoms with Crippen LogP contribution in [0.1, 0.15) is 85.0 Å². The summed E-state index contributed by atoms with van der Waals surface area (Å²) in [4.78, 5) is 0. The molecular formula is C32H46Cl2Si2Zr. The molecule has 0 atom stereocenters. The zero-order valence-electron chi connectivity index (χ0n) is 25.1. The van der Waals surface area contributed by atoms with Crippen molar-refractivity contribution in [1.82, 2.24) is 0 Å². The zero-order chi connectivity index (χ0) is 25.9. The SMILES string of the molecule is Cc1cc2c(cc1C(C)(C)C)-c1cc(C(C)(C)C)c(C)cc1[CH]2[Zr+2]1([C]2=CC=CC2)[Si](C)(C)[Si]1(C)C.[Cl-].[Cl-]. The van der Waals surface area contributed by atoms with Gasteiger partial charge in [0.1, 0.15) is 0 Å². The molecule has 5 rings (SSSR count). The minimum absolute atomic E-state index is 0. The van der Waals surface area contributed by atoms with E-state index in [0.717, 1.165) is 3.63 Å². The maximum Gasteiger partial charge on any atom is -1.00 e. The second kappa shape index (κ2) is 9.44. The normalized spacial score (nSPS) is 19.6. The molecule has 1 aliphatic heterocycles. The van der Waals surface area contributed by atoms with Crippen molar-refractivity contribution in [3.8, 4) is 11.1 Å². The van der Waals surface area contributed by atoms with Gasteiger partial charge in [-0.3, -0.25) is 0 Å². The summed E-state index contributed by atoms with van der Waals surface area (Å²) in [5.41, 5.74) is 13.0. The van der Waals surface area contributed by atoms with Gasteiger partial charge < -0.3 is 24.8 Å². The van der Waals surface area contributed by atoms with Crippen LogP contribution >= 0.6 is 0 Å². The zero-order valence-corrected chi connectivity index (χ0v) is 31.1. The Hall–Kier alpha value is -0.183. The molecular weight excluding hydrogens is 603 g/mol. The standard InChI is InChI=1S/C23H29.C5H5.C4H12Si2.2ClH.Zr/c1-14-9-16-11-17-10-15(2)21(23(6,7)8)13-19(17)18(16)12-20(14)22(3,4)5;1-2-4-5-3-1;1-5(2)6(3)4;;;/h9-13H,1-8H3;1-3H,4H2;1-4H3;2*1H;/q;;;;;+2/p-2. The summed E-state index contributed by atoms with van der Waals surface area (Å²) in [6.07, 6.45) is 8.71. The van der Waals surface area contributed by atoms with Crippen molar-refractivity contribution in [2.75, 3.05) is 0 Å². The topological polar surface area (TPSA) is 0 Å². The Kier molecular flexibility index (Phi) is 8.00. The van der Waals surface area contributed by atoms with Crippen LogP contribution in [0.25, 0.3) is 11.1 Å². The number of benzene rings is 2. The van der Waals surface area contributed by atoms with Crippen molar-refractivity contribution in [3.05, 3.63) is 79.2 Å². The van der Waals surface area contributed by atoms with Crippen molar-refractivity contribution >= 4 is 9.44 Å². The van der Waals surface area contributed by atoms with Gasteiger partial charge in [-0.1, -0.05) is 0 Å². The molecule has 0 aromatic heterocycles. The first kappa shape index (κ1) is 31.3. The predicted molar refractivity (Wildman–Crippen MR) is 157 cm³/mol. The van der Waals surface area contributed by atoms with Crippen LogP contribution in [0.5, 0.6) is 0 Å². The third kappa shape index (κ3) is 4.11. The van der Waals surface area contributed by atoms with Gasteiger partial charge in [0.2, 0.25) is 0 Å². The Morgan fingerprint density at radius 1 is 0.703 bits per heavy atom. The number of halogens is 2. The number of hydrogen-bond donors (Lipinski definition) is 0. The first-order valence-corrected chi connectivity index (χ1v) is 30.7. The van der Waals surface area contributed by atoms with Gasteiger partial charge in [0, 0.05) is 0 Å². The summed E-state index contributed by atoms with van der Waals surface area (Å²) < 4.78 is 0.230. The number of aryl methyl sites for hydroxylation is 2. The minimum Gasteiger partial charge on any atom is -1.00 e. The van der Waals surface area contributed by atoms with Gasteiger partial charge in [0.15, 0.2) is 0 Å². The molecule has 1 heterocycles. The molecule has 1 saturated heterocycles. The molecule has 0 radical (unpaired) electrons. The van der Waals surface area contributed by atoms with Crippen LogP contribution < -0.4 is 24.8 Å². The van der Waals surface area contributed by atoms with Gasteiger partial charge >= 0.3 is 221 Å². The Labute approximate surface area is 243 Å². The van der Waals surface area contributed by atoms with E-state index < -0.39 is 28.0 Å². The van der Waals surface area contributed by atoms with Gasteiger partial charge in [-0.2, -0.15) is 0 Å². The summed E-state index contributed by atoms with van der Waals surface area (Å²) in [6, 6.07) is 10.6. The number of rotatable bonds is 2. The molecule has 2 aliphatic carbocycles. The largest absolute Gasteiger partial charge is 1.00 e. The minimum atomic E-state index is -2.68. The molecule has 0 N–H and O–H groups in total. The first-order chi connectivity index (χ1) is 16.0. The summed E-state index contributed by atoms with van der Waals surface area (Å²) in [6.45, 7) is 30.3. The molecule has 37 heavy (non-hydrogen) atoms. The van der Waals surface area contributed by atoms with Gasteiger partial charge in [-0.15, -0.1) is 0 Å². The third-order valence-electron chi connectivity index (χ3n) is 10.5. The number of allylic oxidation sites excluding steroid dienone is 4. The van der Waals surface area contributed by atoms with E-state index in [-0.39, 0.29) is 35.6 Å². The van der Waals surface area contributed by atoms with E-state index in [1.807, 2.05) is 3.28 Å². The number of fused-ring (bicyclic) bond motifs is 3. The average Bonchev–Trinajstić information content (AvgIpc) is 3.18. The van der Waals surface area contributed by atoms with Crippen LogP contribution in [0.4, 0.5) is 0 Å². The van der Waals surface area contributed by atoms with Crippen molar-refractivity contribution in [3.63, 3.8) is 0 Å². The maximum absolute atomic E-state index is 2.82. The van der Waals surface area contributed by atoms with Crippen molar-refractivity contribution < 1.29 is 43.4 Å². The summed E-state index contributed by atoms with van der Waals surface area (Å²) >= 11 is -2.68. The van der Waals surface area contributed by atoms with Crippen LogP contribution in [0, 0.1) is 13.8 Å². The Morgan fingerprint density at radius 3 is 1.41 bits per heavy atom. The molecule has 1 fully saturated rings. The molecule has 0 saturated carbocycles. The molecule has 2 aromatic rings. The third-order valence-corrected chi connectivity index (χ3v) is 124. The molecule has 0 amide bonds. The quantitative estimate of drug-likeness (QED) is 0.438. The maximum atomic E-state index is 2.82. The predicted octanol–water partition coefficient (Wildman–Crippen LogP) is 3.48.